The Labute approximate surface area is 184 Å². The highest BCUT2D eigenvalue weighted by molar-refractivity contribution is 6.31. The van der Waals surface area contributed by atoms with Gasteiger partial charge in [0, 0.05) is 0 Å². The van der Waals surface area contributed by atoms with Gasteiger partial charge in [-0.3, -0.25) is 19.3 Å². The van der Waals surface area contributed by atoms with Crippen LogP contribution in [0.1, 0.15) is 17.8 Å². The molecule has 1 atom stereocenters. The summed E-state index contributed by atoms with van der Waals surface area (Å²) in [4.78, 5) is 47.0. The van der Waals surface area contributed by atoms with Gasteiger partial charge >= 0.3 is 6.18 Å². The third-order valence-corrected chi connectivity index (χ3v) is 5.56. The van der Waals surface area contributed by atoms with E-state index in [1.165, 1.54) is 11.0 Å². The third kappa shape index (κ3) is 3.98. The van der Waals surface area contributed by atoms with Gasteiger partial charge in [-0.15, -0.1) is 0 Å². The number of para-hydroxylation sites is 1. The van der Waals surface area contributed by atoms with Gasteiger partial charge in [-0.05, 0) is 37.4 Å². The Kier molecular flexibility index (Phi) is 5.51. The van der Waals surface area contributed by atoms with Crippen molar-refractivity contribution in [2.75, 3.05) is 11.9 Å². The second-order valence-electron chi connectivity index (χ2n) is 7.39. The highest BCUT2D eigenvalue weighted by Gasteiger charge is 2.43. The fourth-order valence-corrected chi connectivity index (χ4v) is 3.88. The standard InChI is InChI=1S/C21H16ClF3N4O3/c1-28(10-17-26-15-5-3-2-4-12(15)19(31)27-17)16-9-18(30)29(20(16)32)11-6-7-14(22)13(8-11)21(23,24)25/h2-8,16H,9-10H2,1H3,(H,26,27,31)/t16-/m0/s1. The number of aromatic amines is 1. The topological polar surface area (TPSA) is 86.4 Å². The van der Waals surface area contributed by atoms with Crippen LogP contribution < -0.4 is 10.5 Å². The van der Waals surface area contributed by atoms with Crippen LogP contribution in [0.5, 0.6) is 0 Å². The van der Waals surface area contributed by atoms with E-state index in [4.69, 9.17) is 11.6 Å². The molecular weight excluding hydrogens is 449 g/mol. The van der Waals surface area contributed by atoms with Gasteiger partial charge in [-0.25, -0.2) is 9.88 Å². The fraction of sp³-hybridized carbons (Fsp3) is 0.238. The van der Waals surface area contributed by atoms with Gasteiger partial charge in [0.25, 0.3) is 11.5 Å². The van der Waals surface area contributed by atoms with E-state index in [0.29, 0.717) is 22.8 Å². The van der Waals surface area contributed by atoms with E-state index in [1.54, 1.807) is 31.3 Å². The number of amides is 2. The quantitative estimate of drug-likeness (QED) is 0.598. The summed E-state index contributed by atoms with van der Waals surface area (Å²) in [6.45, 7) is 0.0476. The van der Waals surface area contributed by atoms with Crippen molar-refractivity contribution in [3.8, 4) is 0 Å². The molecule has 166 valence electrons. The number of hydrogen-bond acceptors (Lipinski definition) is 5. The molecule has 0 radical (unpaired) electrons. The zero-order valence-electron chi connectivity index (χ0n) is 16.6. The lowest BCUT2D eigenvalue weighted by Gasteiger charge is -2.23. The second-order valence-corrected chi connectivity index (χ2v) is 7.80. The molecule has 2 amide bonds. The molecule has 1 aromatic heterocycles. The molecule has 0 saturated carbocycles. The van der Waals surface area contributed by atoms with Crippen LogP contribution in [0, 0.1) is 0 Å². The number of halogens is 4. The van der Waals surface area contributed by atoms with Crippen LogP contribution in [0.4, 0.5) is 18.9 Å². The monoisotopic (exact) mass is 464 g/mol. The molecule has 0 spiro atoms. The van der Waals surface area contributed by atoms with Crippen LogP contribution in [-0.4, -0.2) is 39.8 Å². The first-order chi connectivity index (χ1) is 15.1. The maximum absolute atomic E-state index is 13.2. The summed E-state index contributed by atoms with van der Waals surface area (Å²) in [6, 6.07) is 8.71. The number of likely N-dealkylation sites (N-methyl/N-ethyl adjacent to an activating group) is 1. The normalized spacial score (nSPS) is 17.1. The van der Waals surface area contributed by atoms with Gasteiger partial charge in [0.2, 0.25) is 5.91 Å². The minimum absolute atomic E-state index is 0.0476. The summed E-state index contributed by atoms with van der Waals surface area (Å²) in [5, 5.41) is -0.110. The SMILES string of the molecule is CN(Cc1nc2ccccc2c(=O)[nH]1)[C@H]1CC(=O)N(c2ccc(Cl)c(C(F)(F)F)c2)C1=O. The van der Waals surface area contributed by atoms with E-state index in [1.807, 2.05) is 0 Å². The number of fused-ring (bicyclic) bond motifs is 1. The van der Waals surface area contributed by atoms with Crippen LogP contribution in [-0.2, 0) is 22.3 Å². The summed E-state index contributed by atoms with van der Waals surface area (Å²) < 4.78 is 39.6. The lowest BCUT2D eigenvalue weighted by atomic mass is 10.1. The number of anilines is 1. The van der Waals surface area contributed by atoms with Crippen molar-refractivity contribution in [2.24, 2.45) is 0 Å². The number of alkyl halides is 3. The molecule has 0 unspecified atom stereocenters. The van der Waals surface area contributed by atoms with E-state index in [2.05, 4.69) is 9.97 Å². The summed E-state index contributed by atoms with van der Waals surface area (Å²) in [5.41, 5.74) is -1.19. The molecule has 11 heteroatoms. The Morgan fingerprint density at radius 1 is 1.19 bits per heavy atom. The zero-order chi connectivity index (χ0) is 23.2. The van der Waals surface area contributed by atoms with E-state index in [0.717, 1.165) is 11.0 Å². The number of imide groups is 1. The highest BCUT2D eigenvalue weighted by atomic mass is 35.5. The van der Waals surface area contributed by atoms with Crippen molar-refractivity contribution in [1.29, 1.82) is 0 Å². The minimum Gasteiger partial charge on any atom is -0.309 e. The number of nitrogens with zero attached hydrogens (tertiary/aromatic N) is 3. The molecule has 0 aliphatic carbocycles. The Morgan fingerprint density at radius 2 is 1.91 bits per heavy atom. The summed E-state index contributed by atoms with van der Waals surface area (Å²) in [7, 11) is 1.57. The Morgan fingerprint density at radius 3 is 2.62 bits per heavy atom. The first-order valence-electron chi connectivity index (χ1n) is 9.48. The molecular formula is C21H16ClF3N4O3. The first-order valence-corrected chi connectivity index (χ1v) is 9.86. The molecule has 1 fully saturated rings. The van der Waals surface area contributed by atoms with Gasteiger partial charge < -0.3 is 4.98 Å². The number of rotatable bonds is 4. The predicted molar refractivity (Wildman–Crippen MR) is 111 cm³/mol. The Balaban J connectivity index is 1.59. The van der Waals surface area contributed by atoms with Gasteiger partial charge in [-0.2, -0.15) is 13.2 Å². The maximum atomic E-state index is 13.2. The maximum Gasteiger partial charge on any atom is 0.417 e. The van der Waals surface area contributed by atoms with Crippen molar-refractivity contribution in [1.82, 2.24) is 14.9 Å². The average Bonchev–Trinajstić information content (AvgIpc) is 3.02. The van der Waals surface area contributed by atoms with E-state index >= 15 is 0 Å². The highest BCUT2D eigenvalue weighted by Crippen LogP contribution is 2.38. The molecule has 1 aliphatic rings. The molecule has 0 bridgehead atoms. The fourth-order valence-electron chi connectivity index (χ4n) is 3.66. The molecule has 1 N–H and O–H groups in total. The van der Waals surface area contributed by atoms with Gasteiger partial charge in [-0.1, -0.05) is 23.7 Å². The van der Waals surface area contributed by atoms with Crippen molar-refractivity contribution in [3.05, 3.63) is 69.2 Å². The number of nitrogens with one attached hydrogen (secondary N) is 1. The molecule has 2 aromatic carbocycles. The largest absolute Gasteiger partial charge is 0.417 e. The summed E-state index contributed by atoms with van der Waals surface area (Å²) in [6.07, 6.45) is -4.96. The number of aromatic nitrogens is 2. The Hall–Kier alpha value is -3.24. The number of carbonyl (C=O) groups is 2. The van der Waals surface area contributed by atoms with Crippen molar-refractivity contribution in [3.63, 3.8) is 0 Å². The Bertz CT molecular complexity index is 1290. The summed E-state index contributed by atoms with van der Waals surface area (Å²) in [5.74, 6) is -1.01. The smallest absolute Gasteiger partial charge is 0.309 e. The second kappa shape index (κ2) is 8.03. The molecule has 3 aromatic rings. The first kappa shape index (κ1) is 22.0. The third-order valence-electron chi connectivity index (χ3n) is 5.23. The van der Waals surface area contributed by atoms with Crippen molar-refractivity contribution < 1.29 is 22.8 Å². The lowest BCUT2D eigenvalue weighted by molar-refractivity contribution is -0.137. The van der Waals surface area contributed by atoms with Gasteiger partial charge in [0.1, 0.15) is 5.82 Å². The predicted octanol–water partition coefficient (Wildman–Crippen LogP) is 3.36. The van der Waals surface area contributed by atoms with E-state index in [-0.39, 0.29) is 24.2 Å². The molecule has 4 rings (SSSR count). The number of hydrogen-bond donors (Lipinski definition) is 1. The van der Waals surface area contributed by atoms with Crippen LogP contribution in [0.15, 0.2) is 47.3 Å². The van der Waals surface area contributed by atoms with Crippen LogP contribution in [0.25, 0.3) is 10.9 Å². The number of H-pyrrole nitrogens is 1. The molecule has 7 nitrogen and oxygen atoms in total. The molecule has 32 heavy (non-hydrogen) atoms. The molecule has 1 aliphatic heterocycles. The van der Waals surface area contributed by atoms with E-state index in [9.17, 15) is 27.6 Å². The van der Waals surface area contributed by atoms with Crippen molar-refractivity contribution >= 4 is 40.0 Å². The molecule has 2 heterocycles. The lowest BCUT2D eigenvalue weighted by Crippen LogP contribution is -2.40. The molecule has 1 saturated heterocycles. The van der Waals surface area contributed by atoms with Crippen molar-refractivity contribution in [2.45, 2.75) is 25.2 Å². The minimum atomic E-state index is -4.73. The number of benzene rings is 2. The zero-order valence-corrected chi connectivity index (χ0v) is 17.4. The van der Waals surface area contributed by atoms with Crippen LogP contribution >= 0.6 is 11.6 Å². The average molecular weight is 465 g/mol. The van der Waals surface area contributed by atoms with E-state index < -0.39 is 34.6 Å². The summed E-state index contributed by atoms with van der Waals surface area (Å²) >= 11 is 5.63. The van der Waals surface area contributed by atoms with Gasteiger partial charge in [0.05, 0.1) is 46.2 Å². The van der Waals surface area contributed by atoms with Crippen LogP contribution in [0.3, 0.4) is 0 Å². The van der Waals surface area contributed by atoms with Gasteiger partial charge in [0.15, 0.2) is 0 Å². The van der Waals surface area contributed by atoms with Crippen LogP contribution in [0.2, 0.25) is 5.02 Å². The number of carbonyl (C=O) groups excluding carboxylic acids is 2.